The lowest BCUT2D eigenvalue weighted by molar-refractivity contribution is -0.140. The zero-order chi connectivity index (χ0) is 23.8. The number of hydrogen-bond donors (Lipinski definition) is 2. The van der Waals surface area contributed by atoms with Gasteiger partial charge < -0.3 is 19.8 Å². The molecule has 0 bridgehead atoms. The third-order valence-electron chi connectivity index (χ3n) is 4.60. The van der Waals surface area contributed by atoms with Crippen molar-refractivity contribution in [1.29, 1.82) is 0 Å². The van der Waals surface area contributed by atoms with Crippen molar-refractivity contribution in [3.63, 3.8) is 0 Å². The SMILES string of the molecule is COc1ccc(N2NOC(=O)/C2=C\C(=NC(=O)c2ccccc2)C(=O)NCCN(C)C)cc1. The Bertz CT molecular complexity index is 1060. The maximum atomic E-state index is 12.8. The molecule has 0 aromatic heterocycles. The van der Waals surface area contributed by atoms with Gasteiger partial charge in [-0.25, -0.2) is 14.8 Å². The number of nitrogens with zero attached hydrogens (tertiary/aromatic N) is 3. The normalized spacial score (nSPS) is 15.0. The molecule has 2 aromatic rings. The zero-order valence-corrected chi connectivity index (χ0v) is 18.6. The predicted octanol–water partition coefficient (Wildman–Crippen LogP) is 1.32. The van der Waals surface area contributed by atoms with Crippen molar-refractivity contribution in [3.8, 4) is 5.75 Å². The lowest BCUT2D eigenvalue weighted by atomic mass is 10.2. The Morgan fingerprint density at radius 3 is 2.48 bits per heavy atom. The first-order valence-electron chi connectivity index (χ1n) is 10.1. The highest BCUT2D eigenvalue weighted by molar-refractivity contribution is 6.45. The Morgan fingerprint density at radius 1 is 1.15 bits per heavy atom. The van der Waals surface area contributed by atoms with Crippen molar-refractivity contribution < 1.29 is 24.0 Å². The number of hydrazine groups is 1. The number of carbonyl (C=O) groups excluding carboxylic acids is 3. The molecule has 2 N–H and O–H groups in total. The van der Waals surface area contributed by atoms with Gasteiger partial charge in [-0.05, 0) is 50.5 Å². The molecule has 172 valence electrons. The smallest absolute Gasteiger partial charge is 0.376 e. The zero-order valence-electron chi connectivity index (χ0n) is 18.6. The predicted molar refractivity (Wildman–Crippen MR) is 123 cm³/mol. The number of carbonyl (C=O) groups is 3. The Hall–Kier alpha value is -4.02. The average molecular weight is 451 g/mol. The van der Waals surface area contributed by atoms with Gasteiger partial charge in [-0.1, -0.05) is 23.8 Å². The Kier molecular flexibility index (Phi) is 7.90. The van der Waals surface area contributed by atoms with E-state index in [0.717, 1.165) is 0 Å². The molecule has 0 atom stereocenters. The summed E-state index contributed by atoms with van der Waals surface area (Å²) in [7, 11) is 5.28. The highest BCUT2D eigenvalue weighted by atomic mass is 16.7. The number of rotatable bonds is 8. The quantitative estimate of drug-likeness (QED) is 0.457. The first-order chi connectivity index (χ1) is 15.9. The molecule has 0 radical (unpaired) electrons. The van der Waals surface area contributed by atoms with Crippen molar-refractivity contribution in [1.82, 2.24) is 15.8 Å². The van der Waals surface area contributed by atoms with E-state index in [0.29, 0.717) is 30.1 Å². The standard InChI is InChI=1S/C23H25N5O5/c1-27(2)14-13-24-22(30)19(25-21(29)16-7-5-4-6-8-16)15-20-23(31)33-26-28(20)17-9-11-18(32-3)12-10-17/h4-12,15,26H,13-14H2,1-3H3,(H,24,30)/b20-15+,25-19?. The summed E-state index contributed by atoms with van der Waals surface area (Å²) in [6, 6.07) is 15.2. The fourth-order valence-electron chi connectivity index (χ4n) is 2.84. The van der Waals surface area contributed by atoms with Crippen LogP contribution in [0.3, 0.4) is 0 Å². The molecule has 10 nitrogen and oxygen atoms in total. The summed E-state index contributed by atoms with van der Waals surface area (Å²) in [4.78, 5) is 48.7. The van der Waals surface area contributed by atoms with E-state index in [-0.39, 0.29) is 11.4 Å². The summed E-state index contributed by atoms with van der Waals surface area (Å²) in [5, 5.41) is 4.06. The van der Waals surface area contributed by atoms with Crippen LogP contribution in [0.1, 0.15) is 10.4 Å². The third-order valence-corrected chi connectivity index (χ3v) is 4.60. The molecule has 1 heterocycles. The highest BCUT2D eigenvalue weighted by Crippen LogP contribution is 2.24. The highest BCUT2D eigenvalue weighted by Gasteiger charge is 2.30. The fraction of sp³-hybridized carbons (Fsp3) is 0.217. The van der Waals surface area contributed by atoms with Crippen molar-refractivity contribution >= 4 is 29.2 Å². The second kappa shape index (κ2) is 11.0. The Balaban J connectivity index is 1.94. The molecule has 10 heteroatoms. The minimum absolute atomic E-state index is 0.0115. The van der Waals surface area contributed by atoms with Gasteiger partial charge in [-0.15, -0.1) is 0 Å². The molecular weight excluding hydrogens is 426 g/mol. The van der Waals surface area contributed by atoms with Crippen LogP contribution in [-0.4, -0.2) is 62.7 Å². The molecule has 0 saturated carbocycles. The maximum Gasteiger partial charge on any atom is 0.376 e. The Labute approximate surface area is 191 Å². The van der Waals surface area contributed by atoms with Gasteiger partial charge in [0.15, 0.2) is 5.70 Å². The van der Waals surface area contributed by atoms with E-state index in [2.05, 4.69) is 15.9 Å². The lowest BCUT2D eigenvalue weighted by Gasteiger charge is -2.16. The van der Waals surface area contributed by atoms with Gasteiger partial charge in [0.1, 0.15) is 11.5 Å². The van der Waals surface area contributed by atoms with Gasteiger partial charge in [-0.2, -0.15) is 0 Å². The largest absolute Gasteiger partial charge is 0.497 e. The first kappa shape index (κ1) is 23.6. The third kappa shape index (κ3) is 6.25. The number of benzene rings is 2. The summed E-state index contributed by atoms with van der Waals surface area (Å²) >= 11 is 0. The summed E-state index contributed by atoms with van der Waals surface area (Å²) < 4.78 is 5.15. The van der Waals surface area contributed by atoms with Crippen molar-refractivity contribution in [3.05, 3.63) is 71.9 Å². The lowest BCUT2D eigenvalue weighted by Crippen LogP contribution is -2.36. The number of hydrogen-bond acceptors (Lipinski definition) is 8. The second-order valence-corrected chi connectivity index (χ2v) is 7.27. The topological polar surface area (TPSA) is 113 Å². The molecule has 1 aliphatic rings. The minimum atomic E-state index is -0.730. The molecule has 3 rings (SSSR count). The molecule has 1 fully saturated rings. The number of likely N-dealkylation sites (N-methyl/N-ethyl adjacent to an activating group) is 1. The van der Waals surface area contributed by atoms with E-state index in [1.165, 1.54) is 11.1 Å². The van der Waals surface area contributed by atoms with Crippen LogP contribution in [-0.2, 0) is 14.4 Å². The van der Waals surface area contributed by atoms with Crippen molar-refractivity contribution in [2.75, 3.05) is 39.3 Å². The number of amides is 2. The van der Waals surface area contributed by atoms with E-state index >= 15 is 0 Å². The van der Waals surface area contributed by atoms with Gasteiger partial charge in [-0.3, -0.25) is 9.59 Å². The maximum absolute atomic E-state index is 12.8. The Morgan fingerprint density at radius 2 is 1.85 bits per heavy atom. The monoisotopic (exact) mass is 451 g/mol. The van der Waals surface area contributed by atoms with Crippen LogP contribution in [0, 0.1) is 0 Å². The van der Waals surface area contributed by atoms with Crippen LogP contribution in [0.2, 0.25) is 0 Å². The molecule has 33 heavy (non-hydrogen) atoms. The van der Waals surface area contributed by atoms with E-state index < -0.39 is 17.8 Å². The van der Waals surface area contributed by atoms with Gasteiger partial charge in [0.25, 0.3) is 11.8 Å². The summed E-state index contributed by atoms with van der Waals surface area (Å²) in [6.45, 7) is 0.919. The van der Waals surface area contributed by atoms with Crippen LogP contribution < -0.4 is 20.7 Å². The number of anilines is 1. The van der Waals surface area contributed by atoms with Crippen LogP contribution in [0.4, 0.5) is 5.69 Å². The minimum Gasteiger partial charge on any atom is -0.497 e. The number of ether oxygens (including phenoxy) is 1. The van der Waals surface area contributed by atoms with Crippen LogP contribution >= 0.6 is 0 Å². The summed E-state index contributed by atoms with van der Waals surface area (Å²) in [6.07, 6.45) is 1.22. The fourth-order valence-corrected chi connectivity index (χ4v) is 2.84. The molecule has 1 saturated heterocycles. The number of aliphatic imine (C=N–C) groups is 1. The molecule has 2 amide bonds. The molecule has 1 aliphatic heterocycles. The molecule has 0 aliphatic carbocycles. The van der Waals surface area contributed by atoms with E-state index in [9.17, 15) is 14.4 Å². The number of methoxy groups -OCH3 is 1. The van der Waals surface area contributed by atoms with E-state index in [1.807, 2.05) is 19.0 Å². The van der Waals surface area contributed by atoms with Gasteiger partial charge >= 0.3 is 5.97 Å². The summed E-state index contributed by atoms with van der Waals surface area (Å²) in [5.74, 6) is -1.30. The molecular formula is C23H25N5O5. The van der Waals surface area contributed by atoms with Crippen LogP contribution in [0.25, 0.3) is 0 Å². The van der Waals surface area contributed by atoms with Gasteiger partial charge in [0, 0.05) is 24.7 Å². The van der Waals surface area contributed by atoms with Crippen LogP contribution in [0.15, 0.2) is 71.4 Å². The van der Waals surface area contributed by atoms with E-state index in [1.54, 1.807) is 61.7 Å². The molecule has 0 unspecified atom stereocenters. The van der Waals surface area contributed by atoms with Crippen LogP contribution in [0.5, 0.6) is 5.75 Å². The van der Waals surface area contributed by atoms with Gasteiger partial charge in [0.2, 0.25) is 0 Å². The van der Waals surface area contributed by atoms with Crippen molar-refractivity contribution in [2.45, 2.75) is 0 Å². The first-order valence-corrected chi connectivity index (χ1v) is 10.1. The summed E-state index contributed by atoms with van der Waals surface area (Å²) in [5.41, 5.74) is 3.12. The second-order valence-electron chi connectivity index (χ2n) is 7.27. The molecule has 2 aromatic carbocycles. The van der Waals surface area contributed by atoms with Crippen molar-refractivity contribution in [2.24, 2.45) is 4.99 Å². The number of nitrogens with one attached hydrogen (secondary N) is 2. The van der Waals surface area contributed by atoms with E-state index in [4.69, 9.17) is 9.57 Å². The average Bonchev–Trinajstić information content (AvgIpc) is 3.18. The van der Waals surface area contributed by atoms with Gasteiger partial charge in [0.05, 0.1) is 12.8 Å². The molecule has 0 spiro atoms.